The molecular weight excluding hydrogens is 177 g/mol. The number of hydrogen-bond acceptors (Lipinski definition) is 1. The standard InChI is InChI=1S/C12H18FN/c1-4-10(2)14(3)9-11-7-5-6-8-12(11)13/h5-8,10H,4,9H2,1-3H3. The predicted octanol–water partition coefficient (Wildman–Crippen LogP) is 3.06. The first-order chi connectivity index (χ1) is 6.65. The van der Waals surface area contributed by atoms with Gasteiger partial charge in [-0.1, -0.05) is 25.1 Å². The van der Waals surface area contributed by atoms with E-state index in [1.807, 2.05) is 19.2 Å². The molecule has 0 radical (unpaired) electrons. The van der Waals surface area contributed by atoms with Crippen LogP contribution in [0.5, 0.6) is 0 Å². The van der Waals surface area contributed by atoms with Crippen LogP contribution in [0, 0.1) is 5.82 Å². The molecule has 0 saturated heterocycles. The topological polar surface area (TPSA) is 3.24 Å². The molecule has 1 aromatic rings. The van der Waals surface area contributed by atoms with Crippen molar-refractivity contribution in [3.8, 4) is 0 Å². The summed E-state index contributed by atoms with van der Waals surface area (Å²) >= 11 is 0. The van der Waals surface area contributed by atoms with Crippen molar-refractivity contribution in [3.63, 3.8) is 0 Å². The molecule has 0 aliphatic rings. The number of halogens is 1. The van der Waals surface area contributed by atoms with Crippen LogP contribution >= 0.6 is 0 Å². The van der Waals surface area contributed by atoms with Crippen LogP contribution in [0.1, 0.15) is 25.8 Å². The highest BCUT2D eigenvalue weighted by atomic mass is 19.1. The highest BCUT2D eigenvalue weighted by Crippen LogP contribution is 2.11. The molecule has 1 nitrogen and oxygen atoms in total. The van der Waals surface area contributed by atoms with Gasteiger partial charge in [0.2, 0.25) is 0 Å². The highest BCUT2D eigenvalue weighted by molar-refractivity contribution is 5.17. The Hall–Kier alpha value is -0.890. The molecule has 1 unspecified atom stereocenters. The average molecular weight is 195 g/mol. The third-order valence-electron chi connectivity index (χ3n) is 2.72. The van der Waals surface area contributed by atoms with Gasteiger partial charge in [0.1, 0.15) is 5.82 Å². The summed E-state index contributed by atoms with van der Waals surface area (Å²) in [6, 6.07) is 7.45. The molecule has 0 saturated carbocycles. The van der Waals surface area contributed by atoms with Gasteiger partial charge in [0, 0.05) is 18.2 Å². The van der Waals surface area contributed by atoms with Crippen molar-refractivity contribution < 1.29 is 4.39 Å². The van der Waals surface area contributed by atoms with Crippen molar-refractivity contribution in [1.29, 1.82) is 0 Å². The minimum absolute atomic E-state index is 0.109. The lowest BCUT2D eigenvalue weighted by Gasteiger charge is -2.23. The number of rotatable bonds is 4. The Bertz CT molecular complexity index is 285. The maximum absolute atomic E-state index is 13.3. The minimum atomic E-state index is -0.109. The fourth-order valence-corrected chi connectivity index (χ4v) is 1.36. The van der Waals surface area contributed by atoms with Crippen LogP contribution in [-0.4, -0.2) is 18.0 Å². The second-order valence-electron chi connectivity index (χ2n) is 3.76. The summed E-state index contributed by atoms with van der Waals surface area (Å²) in [5.74, 6) is -0.109. The van der Waals surface area contributed by atoms with E-state index in [9.17, 15) is 4.39 Å². The zero-order chi connectivity index (χ0) is 10.6. The molecule has 0 fully saturated rings. The first-order valence-electron chi connectivity index (χ1n) is 5.08. The molecule has 14 heavy (non-hydrogen) atoms. The molecule has 1 aromatic carbocycles. The van der Waals surface area contributed by atoms with Crippen molar-refractivity contribution in [2.45, 2.75) is 32.9 Å². The van der Waals surface area contributed by atoms with E-state index in [1.165, 1.54) is 6.07 Å². The molecule has 0 N–H and O–H groups in total. The molecule has 0 aliphatic heterocycles. The second-order valence-corrected chi connectivity index (χ2v) is 3.76. The summed E-state index contributed by atoms with van der Waals surface area (Å²) in [5.41, 5.74) is 0.773. The van der Waals surface area contributed by atoms with E-state index in [0.29, 0.717) is 12.6 Å². The van der Waals surface area contributed by atoms with Gasteiger partial charge in [0.25, 0.3) is 0 Å². The Balaban J connectivity index is 2.64. The van der Waals surface area contributed by atoms with Crippen LogP contribution < -0.4 is 0 Å². The van der Waals surface area contributed by atoms with Crippen molar-refractivity contribution in [1.82, 2.24) is 4.90 Å². The first kappa shape index (κ1) is 11.2. The zero-order valence-electron chi connectivity index (χ0n) is 9.13. The summed E-state index contributed by atoms with van der Waals surface area (Å²) in [7, 11) is 2.03. The minimum Gasteiger partial charge on any atom is -0.299 e. The van der Waals surface area contributed by atoms with Crippen LogP contribution in [0.4, 0.5) is 4.39 Å². The van der Waals surface area contributed by atoms with Gasteiger partial charge in [-0.05, 0) is 26.5 Å². The van der Waals surface area contributed by atoms with E-state index in [0.717, 1.165) is 12.0 Å². The van der Waals surface area contributed by atoms with Gasteiger partial charge < -0.3 is 0 Å². The normalized spacial score (nSPS) is 13.2. The van der Waals surface area contributed by atoms with E-state index >= 15 is 0 Å². The molecule has 0 heterocycles. The summed E-state index contributed by atoms with van der Waals surface area (Å²) in [5, 5.41) is 0. The molecule has 0 aromatic heterocycles. The summed E-state index contributed by atoms with van der Waals surface area (Å²) < 4.78 is 13.3. The van der Waals surface area contributed by atoms with Gasteiger partial charge in [-0.15, -0.1) is 0 Å². The summed E-state index contributed by atoms with van der Waals surface area (Å²) in [6.07, 6.45) is 1.09. The van der Waals surface area contributed by atoms with Gasteiger partial charge in [-0.3, -0.25) is 4.90 Å². The molecule has 78 valence electrons. The molecule has 0 bridgehead atoms. The van der Waals surface area contributed by atoms with E-state index in [4.69, 9.17) is 0 Å². The zero-order valence-corrected chi connectivity index (χ0v) is 9.13. The predicted molar refractivity (Wildman–Crippen MR) is 57.6 cm³/mol. The van der Waals surface area contributed by atoms with E-state index in [1.54, 1.807) is 6.07 Å². The Labute approximate surface area is 85.5 Å². The highest BCUT2D eigenvalue weighted by Gasteiger charge is 2.09. The first-order valence-corrected chi connectivity index (χ1v) is 5.08. The van der Waals surface area contributed by atoms with Gasteiger partial charge in [0.05, 0.1) is 0 Å². The SMILES string of the molecule is CCC(C)N(C)Cc1ccccc1F. The average Bonchev–Trinajstić information content (AvgIpc) is 2.20. The lowest BCUT2D eigenvalue weighted by molar-refractivity contribution is 0.240. The number of nitrogens with zero attached hydrogens (tertiary/aromatic N) is 1. The number of hydrogen-bond donors (Lipinski definition) is 0. The lowest BCUT2D eigenvalue weighted by Crippen LogP contribution is -2.28. The Kier molecular flexibility index (Phi) is 4.08. The van der Waals surface area contributed by atoms with Gasteiger partial charge >= 0.3 is 0 Å². The summed E-state index contributed by atoms with van der Waals surface area (Å²) in [6.45, 7) is 4.98. The summed E-state index contributed by atoms with van der Waals surface area (Å²) in [4.78, 5) is 2.17. The fourth-order valence-electron chi connectivity index (χ4n) is 1.36. The smallest absolute Gasteiger partial charge is 0.127 e. The van der Waals surface area contributed by atoms with Crippen LogP contribution in [0.15, 0.2) is 24.3 Å². The monoisotopic (exact) mass is 195 g/mol. The van der Waals surface area contributed by atoms with Gasteiger partial charge in [-0.2, -0.15) is 0 Å². The van der Waals surface area contributed by atoms with Crippen molar-refractivity contribution in [3.05, 3.63) is 35.6 Å². The lowest BCUT2D eigenvalue weighted by atomic mass is 10.1. The van der Waals surface area contributed by atoms with Crippen LogP contribution in [-0.2, 0) is 6.54 Å². The molecule has 0 aliphatic carbocycles. The maximum Gasteiger partial charge on any atom is 0.127 e. The Morgan fingerprint density at radius 1 is 1.36 bits per heavy atom. The van der Waals surface area contributed by atoms with Crippen molar-refractivity contribution in [2.75, 3.05) is 7.05 Å². The van der Waals surface area contributed by atoms with Crippen LogP contribution in [0.3, 0.4) is 0 Å². The Morgan fingerprint density at radius 2 is 2.00 bits per heavy atom. The largest absolute Gasteiger partial charge is 0.299 e. The second kappa shape index (κ2) is 5.11. The van der Waals surface area contributed by atoms with Crippen LogP contribution in [0.25, 0.3) is 0 Å². The third-order valence-corrected chi connectivity index (χ3v) is 2.72. The van der Waals surface area contributed by atoms with Gasteiger partial charge in [0.15, 0.2) is 0 Å². The molecular formula is C12H18FN. The third kappa shape index (κ3) is 2.81. The van der Waals surface area contributed by atoms with E-state index < -0.39 is 0 Å². The maximum atomic E-state index is 13.3. The molecule has 0 amide bonds. The Morgan fingerprint density at radius 3 is 2.57 bits per heavy atom. The van der Waals surface area contributed by atoms with Crippen molar-refractivity contribution >= 4 is 0 Å². The fraction of sp³-hybridized carbons (Fsp3) is 0.500. The van der Waals surface area contributed by atoms with E-state index in [2.05, 4.69) is 18.7 Å². The quantitative estimate of drug-likeness (QED) is 0.713. The molecule has 1 atom stereocenters. The van der Waals surface area contributed by atoms with Crippen LogP contribution in [0.2, 0.25) is 0 Å². The van der Waals surface area contributed by atoms with Crippen molar-refractivity contribution in [2.24, 2.45) is 0 Å². The van der Waals surface area contributed by atoms with E-state index in [-0.39, 0.29) is 5.82 Å². The molecule has 2 heteroatoms. The number of benzene rings is 1. The van der Waals surface area contributed by atoms with Gasteiger partial charge in [-0.25, -0.2) is 4.39 Å². The molecule has 0 spiro atoms. The molecule has 1 rings (SSSR count).